The summed E-state index contributed by atoms with van der Waals surface area (Å²) in [5, 5.41) is 3.20. The third kappa shape index (κ3) is 3.06. The van der Waals surface area contributed by atoms with Gasteiger partial charge in [-0.2, -0.15) is 0 Å². The number of benzene rings is 1. The van der Waals surface area contributed by atoms with Crippen LogP contribution < -0.4 is 10.1 Å². The van der Waals surface area contributed by atoms with Gasteiger partial charge in [0.15, 0.2) is 17.4 Å². The van der Waals surface area contributed by atoms with Gasteiger partial charge >= 0.3 is 0 Å². The Balaban J connectivity index is 1.94. The molecule has 0 unspecified atom stereocenters. The molecule has 2 aromatic rings. The van der Waals surface area contributed by atoms with E-state index in [9.17, 15) is 13.2 Å². The van der Waals surface area contributed by atoms with Crippen molar-refractivity contribution in [3.05, 3.63) is 59.7 Å². The first-order valence-electron chi connectivity index (χ1n) is 7.07. The molecule has 116 valence electrons. The van der Waals surface area contributed by atoms with Crippen LogP contribution in [-0.4, -0.2) is 18.1 Å². The third-order valence-electron chi connectivity index (χ3n) is 3.75. The van der Waals surface area contributed by atoms with Crippen molar-refractivity contribution in [2.75, 3.05) is 13.1 Å². The second kappa shape index (κ2) is 6.36. The number of hydrogen-bond donors (Lipinski definition) is 1. The van der Waals surface area contributed by atoms with Crippen molar-refractivity contribution in [1.29, 1.82) is 0 Å². The maximum atomic E-state index is 13.8. The molecule has 1 saturated heterocycles. The average Bonchev–Trinajstić information content (AvgIpc) is 3.01. The van der Waals surface area contributed by atoms with Gasteiger partial charge in [-0.25, -0.2) is 13.2 Å². The predicted octanol–water partition coefficient (Wildman–Crippen LogP) is 3.23. The normalized spacial score (nSPS) is 19.1. The van der Waals surface area contributed by atoms with Gasteiger partial charge < -0.3 is 10.1 Å². The summed E-state index contributed by atoms with van der Waals surface area (Å²) < 4.78 is 46.3. The second-order valence-electron chi connectivity index (χ2n) is 5.28. The van der Waals surface area contributed by atoms with Gasteiger partial charge in [0, 0.05) is 42.6 Å². The maximum Gasteiger partial charge on any atom is 0.191 e. The molecule has 2 heterocycles. The molecule has 1 N–H and O–H groups in total. The smallest absolute Gasteiger partial charge is 0.191 e. The van der Waals surface area contributed by atoms with E-state index in [0.717, 1.165) is 18.5 Å². The van der Waals surface area contributed by atoms with E-state index in [-0.39, 0.29) is 5.92 Å². The number of halogens is 3. The van der Waals surface area contributed by atoms with E-state index in [1.54, 1.807) is 24.5 Å². The van der Waals surface area contributed by atoms with E-state index >= 15 is 0 Å². The summed E-state index contributed by atoms with van der Waals surface area (Å²) in [7, 11) is 0. The molecule has 1 fully saturated rings. The highest BCUT2D eigenvalue weighted by molar-refractivity contribution is 5.28. The molecule has 0 amide bonds. The van der Waals surface area contributed by atoms with Gasteiger partial charge in [-0.1, -0.05) is 6.07 Å². The van der Waals surface area contributed by atoms with Gasteiger partial charge in [0.2, 0.25) is 0 Å². The molecular weight excluding hydrogens is 293 g/mol. The standard InChI is InChI=1S/C16H15F3N2O/c17-12-6-13(18)16(14(19)7-12)22-15(11-3-5-21-9-11)10-2-1-4-20-8-10/h1-2,4,6-8,11,15,21H,3,5,9H2/t11-,15-/m0/s1. The minimum absolute atomic E-state index is 0.0630. The Morgan fingerprint density at radius 1 is 1.23 bits per heavy atom. The van der Waals surface area contributed by atoms with Gasteiger partial charge in [0.25, 0.3) is 0 Å². The first-order chi connectivity index (χ1) is 10.6. The Morgan fingerprint density at radius 3 is 2.59 bits per heavy atom. The fraction of sp³-hybridized carbons (Fsp3) is 0.312. The molecule has 0 bridgehead atoms. The Morgan fingerprint density at radius 2 is 2.00 bits per heavy atom. The van der Waals surface area contributed by atoms with E-state index in [0.29, 0.717) is 18.7 Å². The van der Waals surface area contributed by atoms with Gasteiger partial charge in [0.05, 0.1) is 0 Å². The molecule has 0 radical (unpaired) electrons. The molecule has 2 atom stereocenters. The van der Waals surface area contributed by atoms with Crippen LogP contribution in [0.2, 0.25) is 0 Å². The largest absolute Gasteiger partial charge is 0.479 e. The average molecular weight is 308 g/mol. The molecule has 0 aliphatic carbocycles. The Kier molecular flexibility index (Phi) is 4.29. The Hall–Kier alpha value is -2.08. The highest BCUT2D eigenvalue weighted by Crippen LogP contribution is 2.34. The summed E-state index contributed by atoms with van der Waals surface area (Å²) in [6.45, 7) is 1.50. The topological polar surface area (TPSA) is 34.1 Å². The number of hydrogen-bond acceptors (Lipinski definition) is 3. The van der Waals surface area contributed by atoms with Gasteiger partial charge in [-0.3, -0.25) is 4.98 Å². The second-order valence-corrected chi connectivity index (χ2v) is 5.28. The number of nitrogens with zero attached hydrogens (tertiary/aromatic N) is 1. The lowest BCUT2D eigenvalue weighted by Crippen LogP contribution is -2.22. The Bertz CT molecular complexity index is 622. The molecule has 1 aromatic carbocycles. The summed E-state index contributed by atoms with van der Waals surface area (Å²) >= 11 is 0. The van der Waals surface area contributed by atoms with E-state index in [1.807, 2.05) is 0 Å². The van der Waals surface area contributed by atoms with Crippen LogP contribution in [0.4, 0.5) is 13.2 Å². The van der Waals surface area contributed by atoms with Crippen LogP contribution in [0.1, 0.15) is 18.1 Å². The first-order valence-corrected chi connectivity index (χ1v) is 7.07. The lowest BCUT2D eigenvalue weighted by atomic mass is 9.96. The maximum absolute atomic E-state index is 13.8. The minimum atomic E-state index is -1.04. The molecule has 3 rings (SSSR count). The fourth-order valence-electron chi connectivity index (χ4n) is 2.68. The van der Waals surface area contributed by atoms with Crippen molar-refractivity contribution in [3.8, 4) is 5.75 Å². The molecule has 22 heavy (non-hydrogen) atoms. The molecular formula is C16H15F3N2O. The summed E-state index contributed by atoms with van der Waals surface area (Å²) in [5.74, 6) is -3.55. The molecule has 0 saturated carbocycles. The van der Waals surface area contributed by atoms with Crippen molar-refractivity contribution in [2.45, 2.75) is 12.5 Å². The van der Waals surface area contributed by atoms with Crippen LogP contribution >= 0.6 is 0 Å². The van der Waals surface area contributed by atoms with Crippen molar-refractivity contribution in [2.24, 2.45) is 5.92 Å². The fourth-order valence-corrected chi connectivity index (χ4v) is 2.68. The van der Waals surface area contributed by atoms with Crippen LogP contribution in [-0.2, 0) is 0 Å². The summed E-state index contributed by atoms with van der Waals surface area (Å²) in [6, 6.07) is 4.78. The number of aromatic nitrogens is 1. The minimum Gasteiger partial charge on any atom is -0.479 e. The monoisotopic (exact) mass is 308 g/mol. The molecule has 1 aliphatic heterocycles. The summed E-state index contributed by atoms with van der Waals surface area (Å²) in [4.78, 5) is 4.03. The molecule has 1 aromatic heterocycles. The number of rotatable bonds is 4. The molecule has 6 heteroatoms. The van der Waals surface area contributed by atoms with Crippen LogP contribution in [0.25, 0.3) is 0 Å². The van der Waals surface area contributed by atoms with Gasteiger partial charge in [-0.05, 0) is 19.0 Å². The number of nitrogens with one attached hydrogen (secondary N) is 1. The summed E-state index contributed by atoms with van der Waals surface area (Å²) in [6.07, 6.45) is 3.51. The zero-order valence-electron chi connectivity index (χ0n) is 11.7. The first kappa shape index (κ1) is 14.8. The zero-order chi connectivity index (χ0) is 15.5. The van der Waals surface area contributed by atoms with E-state index in [4.69, 9.17) is 4.74 Å². The third-order valence-corrected chi connectivity index (χ3v) is 3.75. The quantitative estimate of drug-likeness (QED) is 0.941. The number of ether oxygens (including phenoxy) is 1. The van der Waals surface area contributed by atoms with Crippen molar-refractivity contribution in [3.63, 3.8) is 0 Å². The van der Waals surface area contributed by atoms with E-state index in [2.05, 4.69) is 10.3 Å². The molecule has 3 nitrogen and oxygen atoms in total. The lowest BCUT2D eigenvalue weighted by molar-refractivity contribution is 0.131. The van der Waals surface area contributed by atoms with Crippen molar-refractivity contribution < 1.29 is 17.9 Å². The van der Waals surface area contributed by atoms with Crippen molar-refractivity contribution >= 4 is 0 Å². The number of pyridine rings is 1. The van der Waals surface area contributed by atoms with Crippen molar-refractivity contribution in [1.82, 2.24) is 10.3 Å². The molecule has 0 spiro atoms. The highest BCUT2D eigenvalue weighted by Gasteiger charge is 2.30. The predicted molar refractivity (Wildman–Crippen MR) is 74.9 cm³/mol. The Labute approximate surface area is 126 Å². The zero-order valence-corrected chi connectivity index (χ0v) is 11.7. The lowest BCUT2D eigenvalue weighted by Gasteiger charge is -2.25. The van der Waals surface area contributed by atoms with Crippen LogP contribution in [0, 0.1) is 23.4 Å². The van der Waals surface area contributed by atoms with Gasteiger partial charge in [0.1, 0.15) is 11.9 Å². The van der Waals surface area contributed by atoms with Gasteiger partial charge in [-0.15, -0.1) is 0 Å². The van der Waals surface area contributed by atoms with E-state index < -0.39 is 29.3 Å². The highest BCUT2D eigenvalue weighted by atomic mass is 19.1. The van der Waals surface area contributed by atoms with Crippen LogP contribution in [0.3, 0.4) is 0 Å². The molecule has 1 aliphatic rings. The van der Waals surface area contributed by atoms with Crippen LogP contribution in [0.5, 0.6) is 5.75 Å². The SMILES string of the molecule is Fc1cc(F)c(O[C@@H](c2cccnc2)[C@H]2CCNC2)c(F)c1. The van der Waals surface area contributed by atoms with Crippen LogP contribution in [0.15, 0.2) is 36.7 Å². The van der Waals surface area contributed by atoms with E-state index in [1.165, 1.54) is 0 Å². The summed E-state index contributed by atoms with van der Waals surface area (Å²) in [5.41, 5.74) is 0.735.